The fourth-order valence-corrected chi connectivity index (χ4v) is 3.55. The molecule has 1 aliphatic heterocycles. The van der Waals surface area contributed by atoms with E-state index in [1.807, 2.05) is 10.3 Å². The molecule has 3 rings (SSSR count). The van der Waals surface area contributed by atoms with Gasteiger partial charge in [0.15, 0.2) is 0 Å². The van der Waals surface area contributed by atoms with Gasteiger partial charge in [0.2, 0.25) is 0 Å². The van der Waals surface area contributed by atoms with Crippen molar-refractivity contribution in [1.29, 1.82) is 0 Å². The van der Waals surface area contributed by atoms with Crippen LogP contribution in [-0.4, -0.2) is 28.4 Å². The molecular formula is C17H20N2OS. The molecule has 21 heavy (non-hydrogen) atoms. The van der Waals surface area contributed by atoms with Gasteiger partial charge in [0.05, 0.1) is 0 Å². The molecule has 1 fully saturated rings. The van der Waals surface area contributed by atoms with E-state index in [2.05, 4.69) is 43.1 Å². The van der Waals surface area contributed by atoms with Gasteiger partial charge < -0.3 is 4.90 Å². The normalized spacial score (nSPS) is 18.8. The molecule has 4 heteroatoms. The van der Waals surface area contributed by atoms with E-state index in [4.69, 9.17) is 0 Å². The van der Waals surface area contributed by atoms with Crippen LogP contribution in [0.4, 0.5) is 0 Å². The van der Waals surface area contributed by atoms with Crippen molar-refractivity contribution < 1.29 is 4.79 Å². The quantitative estimate of drug-likeness (QED) is 0.835. The first-order valence-corrected chi connectivity index (χ1v) is 8.36. The van der Waals surface area contributed by atoms with Crippen LogP contribution >= 0.6 is 11.3 Å². The summed E-state index contributed by atoms with van der Waals surface area (Å²) in [5, 5.41) is 2.81. The van der Waals surface area contributed by atoms with Gasteiger partial charge in [-0.2, -0.15) is 0 Å². The largest absolute Gasteiger partial charge is 0.335 e. The molecule has 1 unspecified atom stereocenters. The van der Waals surface area contributed by atoms with E-state index in [-0.39, 0.29) is 5.91 Å². The van der Waals surface area contributed by atoms with Crippen LogP contribution < -0.4 is 0 Å². The van der Waals surface area contributed by atoms with Crippen molar-refractivity contribution >= 4 is 17.2 Å². The highest BCUT2D eigenvalue weighted by molar-refractivity contribution is 7.13. The van der Waals surface area contributed by atoms with Crippen LogP contribution in [0, 0.1) is 6.92 Å². The fraction of sp³-hybridized carbons (Fsp3) is 0.412. The van der Waals surface area contributed by atoms with Crippen molar-refractivity contribution in [2.75, 3.05) is 6.54 Å². The first-order valence-electron chi connectivity index (χ1n) is 7.48. The fourth-order valence-electron chi connectivity index (χ4n) is 2.75. The van der Waals surface area contributed by atoms with E-state index in [0.717, 1.165) is 30.0 Å². The Morgan fingerprint density at radius 3 is 2.76 bits per heavy atom. The molecule has 1 amide bonds. The molecule has 1 saturated heterocycles. The number of likely N-dealkylation sites (tertiary alicyclic amines) is 1. The summed E-state index contributed by atoms with van der Waals surface area (Å²) in [5.74, 6) is 0.0804. The zero-order valence-electron chi connectivity index (χ0n) is 12.5. The number of hydrogen-bond donors (Lipinski definition) is 0. The number of rotatable bonds is 2. The molecule has 0 spiro atoms. The molecule has 1 aromatic carbocycles. The molecule has 0 saturated carbocycles. The van der Waals surface area contributed by atoms with Gasteiger partial charge in [-0.15, -0.1) is 11.3 Å². The van der Waals surface area contributed by atoms with Crippen LogP contribution in [0.25, 0.3) is 10.6 Å². The number of benzene rings is 1. The van der Waals surface area contributed by atoms with Crippen molar-refractivity contribution in [1.82, 2.24) is 9.88 Å². The molecule has 0 aliphatic carbocycles. The van der Waals surface area contributed by atoms with E-state index < -0.39 is 0 Å². The Hall–Kier alpha value is -1.68. The van der Waals surface area contributed by atoms with E-state index >= 15 is 0 Å². The van der Waals surface area contributed by atoms with Gasteiger partial charge in [-0.1, -0.05) is 29.8 Å². The Kier molecular flexibility index (Phi) is 4.06. The summed E-state index contributed by atoms with van der Waals surface area (Å²) >= 11 is 1.54. The van der Waals surface area contributed by atoms with Crippen LogP contribution in [0.2, 0.25) is 0 Å². The minimum absolute atomic E-state index is 0.0804. The molecule has 1 aliphatic rings. The summed E-state index contributed by atoms with van der Waals surface area (Å²) in [6.07, 6.45) is 3.42. The number of thiazole rings is 1. The highest BCUT2D eigenvalue weighted by Gasteiger charge is 2.25. The van der Waals surface area contributed by atoms with Gasteiger partial charge in [0.1, 0.15) is 10.7 Å². The second-order valence-electron chi connectivity index (χ2n) is 5.75. The number of aryl methyl sites for hydroxylation is 1. The van der Waals surface area contributed by atoms with Crippen molar-refractivity contribution in [2.45, 2.75) is 39.2 Å². The molecule has 0 bridgehead atoms. The Morgan fingerprint density at radius 1 is 1.29 bits per heavy atom. The number of carbonyl (C=O) groups excluding carboxylic acids is 1. The maximum atomic E-state index is 12.6. The van der Waals surface area contributed by atoms with Crippen LogP contribution in [-0.2, 0) is 0 Å². The van der Waals surface area contributed by atoms with E-state index in [1.54, 1.807) is 11.3 Å². The van der Waals surface area contributed by atoms with Gasteiger partial charge in [-0.3, -0.25) is 4.79 Å². The standard InChI is InChI=1S/C17H20N2OS/c1-12-6-8-14(9-7-12)16-18-15(11-21-16)17(20)19-10-4-3-5-13(19)2/h6-9,11,13H,3-5,10H2,1-2H3. The third-order valence-electron chi connectivity index (χ3n) is 4.09. The van der Waals surface area contributed by atoms with Gasteiger partial charge in [-0.05, 0) is 33.1 Å². The molecule has 0 radical (unpaired) electrons. The number of hydrogen-bond acceptors (Lipinski definition) is 3. The summed E-state index contributed by atoms with van der Waals surface area (Å²) in [6, 6.07) is 8.60. The molecule has 3 nitrogen and oxygen atoms in total. The summed E-state index contributed by atoms with van der Waals surface area (Å²) in [4.78, 5) is 19.1. The smallest absolute Gasteiger partial charge is 0.273 e. The topological polar surface area (TPSA) is 33.2 Å². The molecule has 1 aromatic heterocycles. The maximum Gasteiger partial charge on any atom is 0.273 e. The number of carbonyl (C=O) groups is 1. The summed E-state index contributed by atoms with van der Waals surface area (Å²) in [7, 11) is 0. The average molecular weight is 300 g/mol. The van der Waals surface area contributed by atoms with Crippen LogP contribution in [0.1, 0.15) is 42.2 Å². The molecule has 110 valence electrons. The minimum atomic E-state index is 0.0804. The van der Waals surface area contributed by atoms with E-state index in [1.165, 1.54) is 12.0 Å². The Balaban J connectivity index is 1.81. The Bertz CT molecular complexity index is 632. The predicted octanol–water partition coefficient (Wildman–Crippen LogP) is 4.13. The van der Waals surface area contributed by atoms with E-state index in [9.17, 15) is 4.79 Å². The van der Waals surface area contributed by atoms with Crippen LogP contribution in [0.5, 0.6) is 0 Å². The number of aromatic nitrogens is 1. The average Bonchev–Trinajstić information content (AvgIpc) is 2.98. The minimum Gasteiger partial charge on any atom is -0.335 e. The van der Waals surface area contributed by atoms with Gasteiger partial charge >= 0.3 is 0 Å². The number of amides is 1. The monoisotopic (exact) mass is 300 g/mol. The molecule has 2 heterocycles. The second kappa shape index (κ2) is 5.98. The lowest BCUT2D eigenvalue weighted by atomic mass is 10.0. The van der Waals surface area contributed by atoms with Gasteiger partial charge in [-0.25, -0.2) is 4.98 Å². The first kappa shape index (κ1) is 14.3. The lowest BCUT2D eigenvalue weighted by molar-refractivity contribution is 0.0630. The van der Waals surface area contributed by atoms with Crippen LogP contribution in [0.3, 0.4) is 0 Å². The van der Waals surface area contributed by atoms with Crippen molar-refractivity contribution in [3.05, 3.63) is 40.9 Å². The zero-order chi connectivity index (χ0) is 14.8. The third-order valence-corrected chi connectivity index (χ3v) is 4.98. The molecule has 1 atom stereocenters. The SMILES string of the molecule is Cc1ccc(-c2nc(C(=O)N3CCCCC3C)cs2)cc1. The highest BCUT2D eigenvalue weighted by Crippen LogP contribution is 2.26. The first-order chi connectivity index (χ1) is 10.1. The molecule has 2 aromatic rings. The van der Waals surface area contributed by atoms with Crippen molar-refractivity contribution in [2.24, 2.45) is 0 Å². The second-order valence-corrected chi connectivity index (χ2v) is 6.61. The predicted molar refractivity (Wildman–Crippen MR) is 86.6 cm³/mol. The summed E-state index contributed by atoms with van der Waals surface area (Å²) in [6.45, 7) is 5.06. The lowest BCUT2D eigenvalue weighted by Crippen LogP contribution is -2.42. The number of piperidine rings is 1. The Labute approximate surface area is 129 Å². The summed E-state index contributed by atoms with van der Waals surface area (Å²) in [5.41, 5.74) is 2.90. The highest BCUT2D eigenvalue weighted by atomic mass is 32.1. The van der Waals surface area contributed by atoms with Crippen LogP contribution in [0.15, 0.2) is 29.6 Å². The van der Waals surface area contributed by atoms with E-state index in [0.29, 0.717) is 11.7 Å². The zero-order valence-corrected chi connectivity index (χ0v) is 13.3. The molecule has 0 N–H and O–H groups in total. The molecular weight excluding hydrogens is 280 g/mol. The number of nitrogens with zero attached hydrogens (tertiary/aromatic N) is 2. The van der Waals surface area contributed by atoms with Gasteiger partial charge in [0.25, 0.3) is 5.91 Å². The van der Waals surface area contributed by atoms with Crippen molar-refractivity contribution in [3.63, 3.8) is 0 Å². The lowest BCUT2D eigenvalue weighted by Gasteiger charge is -2.32. The van der Waals surface area contributed by atoms with Gasteiger partial charge in [0, 0.05) is 23.5 Å². The maximum absolute atomic E-state index is 12.6. The summed E-state index contributed by atoms with van der Waals surface area (Å²) < 4.78 is 0. The van der Waals surface area contributed by atoms with Crippen molar-refractivity contribution in [3.8, 4) is 10.6 Å². The Morgan fingerprint density at radius 2 is 2.05 bits per heavy atom. The third kappa shape index (κ3) is 3.00.